The summed E-state index contributed by atoms with van der Waals surface area (Å²) in [5, 5.41) is 0. The molecule has 0 bridgehead atoms. The maximum atomic E-state index is 5.22. The molecule has 0 spiro atoms. The molecule has 1 aromatic carbocycles. The fourth-order valence-corrected chi connectivity index (χ4v) is 1.01. The van der Waals surface area contributed by atoms with Crippen molar-refractivity contribution in [1.82, 2.24) is 0 Å². The summed E-state index contributed by atoms with van der Waals surface area (Å²) in [6.45, 7) is 6.16. The molecular weight excluding hydrogens is 160 g/mol. The highest BCUT2D eigenvalue weighted by atomic mass is 16.5. The first-order valence-corrected chi connectivity index (χ1v) is 4.29. The number of rotatable bonds is 4. The van der Waals surface area contributed by atoms with E-state index >= 15 is 0 Å². The van der Waals surface area contributed by atoms with Gasteiger partial charge in [0.25, 0.3) is 0 Å². The third-order valence-corrected chi connectivity index (χ3v) is 1.70. The van der Waals surface area contributed by atoms with Crippen LogP contribution in [0.15, 0.2) is 49.2 Å². The molecule has 0 N–H and O–H groups in total. The Morgan fingerprint density at radius 1 is 1.38 bits per heavy atom. The second-order valence-electron chi connectivity index (χ2n) is 2.79. The normalized spacial score (nSPS) is 11.0. The van der Waals surface area contributed by atoms with Crippen LogP contribution in [0.3, 0.4) is 0 Å². The highest BCUT2D eigenvalue weighted by Crippen LogP contribution is 2.12. The fourth-order valence-electron chi connectivity index (χ4n) is 1.01. The number of ether oxygens (including phenoxy) is 1. The van der Waals surface area contributed by atoms with Crippen LogP contribution in [0.4, 0.5) is 0 Å². The van der Waals surface area contributed by atoms with Gasteiger partial charge in [0.2, 0.25) is 0 Å². The molecule has 0 saturated carbocycles. The quantitative estimate of drug-likeness (QED) is 0.387. The summed E-state index contributed by atoms with van der Waals surface area (Å²) >= 11 is 0. The van der Waals surface area contributed by atoms with E-state index in [2.05, 4.69) is 18.7 Å². The van der Waals surface area contributed by atoms with Crippen molar-refractivity contribution < 1.29 is 4.74 Å². The Labute approximate surface area is 79.4 Å². The topological polar surface area (TPSA) is 9.23 Å². The van der Waals surface area contributed by atoms with E-state index in [1.165, 1.54) is 5.56 Å². The zero-order valence-corrected chi connectivity index (χ0v) is 7.86. The molecule has 1 heteroatoms. The summed E-state index contributed by atoms with van der Waals surface area (Å²) in [7, 11) is 0. The Bertz CT molecular complexity index is 285. The van der Waals surface area contributed by atoms with Crippen LogP contribution in [0.1, 0.15) is 12.5 Å². The molecule has 0 saturated heterocycles. The van der Waals surface area contributed by atoms with E-state index in [0.29, 0.717) is 6.61 Å². The largest absolute Gasteiger partial charge is 0.497 e. The Kier molecular flexibility index (Phi) is 3.83. The van der Waals surface area contributed by atoms with Crippen molar-refractivity contribution >= 4 is 5.57 Å². The first-order chi connectivity index (χ1) is 6.34. The second kappa shape index (κ2) is 5.20. The average molecular weight is 174 g/mol. The van der Waals surface area contributed by atoms with Crippen LogP contribution in [0.5, 0.6) is 0 Å². The summed E-state index contributed by atoms with van der Waals surface area (Å²) in [5.74, 6) is 0. The van der Waals surface area contributed by atoms with E-state index in [1.54, 1.807) is 12.3 Å². The lowest BCUT2D eigenvalue weighted by Gasteiger charge is -2.01. The number of hydrogen-bond acceptors (Lipinski definition) is 1. The van der Waals surface area contributed by atoms with Gasteiger partial charge in [0.15, 0.2) is 0 Å². The minimum atomic E-state index is 0.560. The molecule has 0 aliphatic carbocycles. The molecule has 0 radical (unpaired) electrons. The van der Waals surface area contributed by atoms with Crippen molar-refractivity contribution in [1.29, 1.82) is 0 Å². The molecule has 0 unspecified atom stereocenters. The Balaban J connectivity index is 2.62. The van der Waals surface area contributed by atoms with Gasteiger partial charge >= 0.3 is 0 Å². The number of allylic oxidation sites excluding steroid dienone is 1. The van der Waals surface area contributed by atoms with Gasteiger partial charge in [-0.05, 0) is 18.1 Å². The molecule has 0 heterocycles. The van der Waals surface area contributed by atoms with Crippen molar-refractivity contribution in [2.45, 2.75) is 6.92 Å². The zero-order valence-electron chi connectivity index (χ0n) is 7.86. The predicted molar refractivity (Wildman–Crippen MR) is 56.2 cm³/mol. The van der Waals surface area contributed by atoms with Gasteiger partial charge in [-0.15, -0.1) is 0 Å². The minimum Gasteiger partial charge on any atom is -0.497 e. The molecule has 0 fully saturated rings. The summed E-state index contributed by atoms with van der Waals surface area (Å²) < 4.78 is 5.22. The first kappa shape index (κ1) is 9.59. The van der Waals surface area contributed by atoms with Gasteiger partial charge < -0.3 is 4.74 Å². The van der Waals surface area contributed by atoms with Crippen LogP contribution in [0.25, 0.3) is 5.57 Å². The first-order valence-electron chi connectivity index (χ1n) is 4.29. The lowest BCUT2D eigenvalue weighted by atomic mass is 10.1. The van der Waals surface area contributed by atoms with Crippen LogP contribution < -0.4 is 0 Å². The molecule has 1 rings (SSSR count). The van der Waals surface area contributed by atoms with Crippen LogP contribution >= 0.6 is 0 Å². The van der Waals surface area contributed by atoms with E-state index in [1.807, 2.05) is 25.1 Å². The monoisotopic (exact) mass is 174 g/mol. The SMILES string of the molecule is C=CCO/C=C(\C)c1ccccc1. The van der Waals surface area contributed by atoms with Crippen molar-refractivity contribution in [3.05, 3.63) is 54.8 Å². The second-order valence-corrected chi connectivity index (χ2v) is 2.79. The maximum Gasteiger partial charge on any atom is 0.105 e. The Morgan fingerprint density at radius 2 is 2.08 bits per heavy atom. The third-order valence-electron chi connectivity index (χ3n) is 1.70. The highest BCUT2D eigenvalue weighted by molar-refractivity contribution is 5.62. The predicted octanol–water partition coefficient (Wildman–Crippen LogP) is 3.25. The van der Waals surface area contributed by atoms with Gasteiger partial charge in [-0.1, -0.05) is 43.0 Å². The Morgan fingerprint density at radius 3 is 2.69 bits per heavy atom. The lowest BCUT2D eigenvalue weighted by Crippen LogP contribution is -1.83. The van der Waals surface area contributed by atoms with E-state index < -0.39 is 0 Å². The van der Waals surface area contributed by atoms with E-state index in [0.717, 1.165) is 5.57 Å². The average Bonchev–Trinajstić information content (AvgIpc) is 2.19. The molecule has 0 aliphatic heterocycles. The fraction of sp³-hybridized carbons (Fsp3) is 0.167. The van der Waals surface area contributed by atoms with Crippen LogP contribution in [-0.4, -0.2) is 6.61 Å². The number of hydrogen-bond donors (Lipinski definition) is 0. The van der Waals surface area contributed by atoms with Gasteiger partial charge in [0, 0.05) is 0 Å². The highest BCUT2D eigenvalue weighted by Gasteiger charge is 1.92. The summed E-state index contributed by atoms with van der Waals surface area (Å²) in [4.78, 5) is 0. The molecule has 0 atom stereocenters. The van der Waals surface area contributed by atoms with Gasteiger partial charge in [0.05, 0.1) is 6.26 Å². The zero-order chi connectivity index (χ0) is 9.52. The molecule has 13 heavy (non-hydrogen) atoms. The maximum absolute atomic E-state index is 5.22. The van der Waals surface area contributed by atoms with Gasteiger partial charge in [-0.3, -0.25) is 0 Å². The molecular formula is C12H14O. The summed E-state index contributed by atoms with van der Waals surface area (Å²) in [5.41, 5.74) is 2.31. The van der Waals surface area contributed by atoms with Crippen LogP contribution in [0, 0.1) is 0 Å². The molecule has 1 aromatic rings. The molecule has 0 amide bonds. The van der Waals surface area contributed by atoms with Crippen molar-refractivity contribution in [2.24, 2.45) is 0 Å². The van der Waals surface area contributed by atoms with Crippen molar-refractivity contribution in [2.75, 3.05) is 6.61 Å². The molecule has 1 nitrogen and oxygen atoms in total. The number of benzene rings is 1. The lowest BCUT2D eigenvalue weighted by molar-refractivity contribution is 0.291. The van der Waals surface area contributed by atoms with Gasteiger partial charge in [-0.25, -0.2) is 0 Å². The van der Waals surface area contributed by atoms with Gasteiger partial charge in [0.1, 0.15) is 6.61 Å². The van der Waals surface area contributed by atoms with Crippen LogP contribution in [0.2, 0.25) is 0 Å². The van der Waals surface area contributed by atoms with Crippen LogP contribution in [-0.2, 0) is 4.74 Å². The molecule has 0 aromatic heterocycles. The molecule has 0 aliphatic rings. The smallest absolute Gasteiger partial charge is 0.105 e. The van der Waals surface area contributed by atoms with Gasteiger partial charge in [-0.2, -0.15) is 0 Å². The van der Waals surface area contributed by atoms with Crippen molar-refractivity contribution in [3.63, 3.8) is 0 Å². The third kappa shape index (κ3) is 3.16. The standard InChI is InChI=1S/C12H14O/c1-3-9-13-10-11(2)12-7-5-4-6-8-12/h3-8,10H,1,9H2,2H3/b11-10+. The molecule has 68 valence electrons. The van der Waals surface area contributed by atoms with Crippen molar-refractivity contribution in [3.8, 4) is 0 Å². The van der Waals surface area contributed by atoms with E-state index in [-0.39, 0.29) is 0 Å². The van der Waals surface area contributed by atoms with E-state index in [9.17, 15) is 0 Å². The summed E-state index contributed by atoms with van der Waals surface area (Å²) in [6.07, 6.45) is 3.49. The summed E-state index contributed by atoms with van der Waals surface area (Å²) in [6, 6.07) is 10.1. The van der Waals surface area contributed by atoms with E-state index in [4.69, 9.17) is 4.74 Å². The Hall–Kier alpha value is -1.50. The minimum absolute atomic E-state index is 0.560.